The number of thiophene rings is 1. The fourth-order valence-corrected chi connectivity index (χ4v) is 6.40. The third-order valence-electron chi connectivity index (χ3n) is 6.49. The highest BCUT2D eigenvalue weighted by atomic mass is 32.1. The predicted octanol–water partition coefficient (Wildman–Crippen LogP) is 5.63. The van der Waals surface area contributed by atoms with E-state index in [2.05, 4.69) is 12.2 Å². The van der Waals surface area contributed by atoms with E-state index in [9.17, 15) is 9.59 Å². The molecule has 0 bridgehead atoms. The van der Waals surface area contributed by atoms with Crippen LogP contribution in [0.5, 0.6) is 11.5 Å². The zero-order valence-corrected chi connectivity index (χ0v) is 18.8. The van der Waals surface area contributed by atoms with Gasteiger partial charge in [0.05, 0.1) is 11.5 Å². The normalized spacial score (nSPS) is 17.0. The van der Waals surface area contributed by atoms with Crippen LogP contribution in [0.3, 0.4) is 0 Å². The maximum atomic E-state index is 13.6. The Morgan fingerprint density at radius 1 is 1.09 bits per heavy atom. The highest BCUT2D eigenvalue weighted by Crippen LogP contribution is 2.46. The van der Waals surface area contributed by atoms with Crippen LogP contribution in [0.1, 0.15) is 64.0 Å². The lowest BCUT2D eigenvalue weighted by molar-refractivity contribution is -0.116. The quantitative estimate of drug-likeness (QED) is 0.533. The van der Waals surface area contributed by atoms with E-state index in [-0.39, 0.29) is 5.91 Å². The van der Waals surface area contributed by atoms with Crippen molar-refractivity contribution in [2.24, 2.45) is 11.7 Å². The average Bonchev–Trinajstić information content (AvgIpc) is 3.14. The van der Waals surface area contributed by atoms with E-state index < -0.39 is 11.8 Å². The summed E-state index contributed by atoms with van der Waals surface area (Å²) in [5, 5.41) is 3.65. The van der Waals surface area contributed by atoms with Crippen LogP contribution in [0.4, 0.5) is 5.00 Å². The predicted molar refractivity (Wildman–Crippen MR) is 127 cm³/mol. The molecular formula is C26H26N2O3S. The van der Waals surface area contributed by atoms with Gasteiger partial charge in [0.25, 0.3) is 5.91 Å². The van der Waals surface area contributed by atoms with Gasteiger partial charge in [-0.2, -0.15) is 0 Å². The Kier molecular flexibility index (Phi) is 5.47. The van der Waals surface area contributed by atoms with Gasteiger partial charge in [0.1, 0.15) is 16.5 Å². The van der Waals surface area contributed by atoms with E-state index in [0.717, 1.165) is 42.4 Å². The summed E-state index contributed by atoms with van der Waals surface area (Å²) < 4.78 is 6.02. The third-order valence-corrected chi connectivity index (χ3v) is 7.66. The van der Waals surface area contributed by atoms with Crippen molar-refractivity contribution in [1.82, 2.24) is 0 Å². The Bertz CT molecular complexity index is 1150. The summed E-state index contributed by atoms with van der Waals surface area (Å²) in [6, 6.07) is 15.2. The van der Waals surface area contributed by atoms with Gasteiger partial charge in [-0.25, -0.2) is 0 Å². The number of primary amides is 1. The van der Waals surface area contributed by atoms with Gasteiger partial charge in [-0.3, -0.25) is 9.59 Å². The summed E-state index contributed by atoms with van der Waals surface area (Å²) >= 11 is 1.51. The second-order valence-electron chi connectivity index (χ2n) is 8.57. The van der Waals surface area contributed by atoms with E-state index >= 15 is 0 Å². The second kappa shape index (κ2) is 8.43. The summed E-state index contributed by atoms with van der Waals surface area (Å²) in [6.07, 6.45) is 5.19. The number of nitrogens with two attached hydrogens (primary N) is 1. The fourth-order valence-electron chi connectivity index (χ4n) is 5.03. The van der Waals surface area contributed by atoms with Crippen LogP contribution in [0.25, 0.3) is 0 Å². The van der Waals surface area contributed by atoms with Crippen LogP contribution in [0, 0.1) is 5.92 Å². The molecule has 0 radical (unpaired) electrons. The Hall–Kier alpha value is -3.12. The molecule has 1 unspecified atom stereocenters. The number of nitrogens with one attached hydrogen (secondary N) is 1. The summed E-state index contributed by atoms with van der Waals surface area (Å²) in [4.78, 5) is 27.2. The molecule has 2 heterocycles. The maximum Gasteiger partial charge on any atom is 0.251 e. The van der Waals surface area contributed by atoms with Crippen LogP contribution in [-0.2, 0) is 17.6 Å². The Morgan fingerprint density at radius 3 is 2.38 bits per heavy atom. The number of fused-ring (bicyclic) bond motifs is 3. The SMILES string of the molecule is CCCC1CCc2c(sc(NC(=O)C3c4ccccc4Oc4ccccc43)c2C(N)=O)C1. The van der Waals surface area contributed by atoms with Gasteiger partial charge in [0.2, 0.25) is 5.91 Å². The molecule has 164 valence electrons. The van der Waals surface area contributed by atoms with Crippen molar-refractivity contribution < 1.29 is 14.3 Å². The van der Waals surface area contributed by atoms with Gasteiger partial charge in [0, 0.05) is 16.0 Å². The smallest absolute Gasteiger partial charge is 0.251 e. The topological polar surface area (TPSA) is 81.4 Å². The Balaban J connectivity index is 1.51. The largest absolute Gasteiger partial charge is 0.457 e. The van der Waals surface area contributed by atoms with E-state index in [0.29, 0.717) is 28.0 Å². The van der Waals surface area contributed by atoms with Gasteiger partial charge in [-0.05, 0) is 42.9 Å². The monoisotopic (exact) mass is 446 g/mol. The van der Waals surface area contributed by atoms with Gasteiger partial charge < -0.3 is 15.8 Å². The van der Waals surface area contributed by atoms with E-state index in [1.165, 1.54) is 22.6 Å². The lowest BCUT2D eigenvalue weighted by Gasteiger charge is -2.27. The number of hydrogen-bond acceptors (Lipinski definition) is 4. The van der Waals surface area contributed by atoms with Crippen LogP contribution in [0.2, 0.25) is 0 Å². The molecule has 3 N–H and O–H groups in total. The highest BCUT2D eigenvalue weighted by Gasteiger charge is 2.34. The zero-order valence-electron chi connectivity index (χ0n) is 18.0. The average molecular weight is 447 g/mol. The van der Waals surface area contributed by atoms with Crippen molar-refractivity contribution in [3.63, 3.8) is 0 Å². The summed E-state index contributed by atoms with van der Waals surface area (Å²) in [6.45, 7) is 2.20. The van der Waals surface area contributed by atoms with Gasteiger partial charge in [-0.15, -0.1) is 11.3 Å². The number of ether oxygens (including phenoxy) is 1. The standard InChI is InChI=1S/C26H26N2O3S/c1-2-7-15-12-13-18-21(14-15)32-26(23(18)24(27)29)28-25(30)22-16-8-3-5-10-19(16)31-20-11-6-4-9-17(20)22/h3-6,8-11,15,22H,2,7,12-14H2,1H3,(H2,27,29)(H,28,30). The molecule has 0 saturated heterocycles. The Morgan fingerprint density at radius 2 is 1.75 bits per heavy atom. The molecule has 2 aromatic carbocycles. The van der Waals surface area contributed by atoms with Crippen molar-refractivity contribution in [3.8, 4) is 11.5 Å². The van der Waals surface area contributed by atoms with E-state index in [4.69, 9.17) is 10.5 Å². The number of para-hydroxylation sites is 2. The highest BCUT2D eigenvalue weighted by molar-refractivity contribution is 7.17. The van der Waals surface area contributed by atoms with Gasteiger partial charge in [-0.1, -0.05) is 56.2 Å². The van der Waals surface area contributed by atoms with Gasteiger partial charge in [0.15, 0.2) is 0 Å². The molecule has 6 heteroatoms. The first-order chi connectivity index (χ1) is 15.6. The summed E-state index contributed by atoms with van der Waals surface area (Å²) in [7, 11) is 0. The molecule has 1 aliphatic heterocycles. The molecule has 5 rings (SSSR count). The first-order valence-corrected chi connectivity index (χ1v) is 12.0. The number of hydrogen-bond donors (Lipinski definition) is 2. The molecule has 3 aromatic rings. The molecule has 2 aliphatic rings. The van der Waals surface area contributed by atoms with Crippen molar-refractivity contribution in [2.45, 2.75) is 44.9 Å². The zero-order chi connectivity index (χ0) is 22.2. The third kappa shape index (κ3) is 3.58. The number of amides is 2. The van der Waals surface area contributed by atoms with Gasteiger partial charge >= 0.3 is 0 Å². The van der Waals surface area contributed by atoms with Crippen LogP contribution >= 0.6 is 11.3 Å². The number of benzene rings is 2. The first-order valence-electron chi connectivity index (χ1n) is 11.2. The van der Waals surface area contributed by atoms with Crippen molar-refractivity contribution in [2.75, 3.05) is 5.32 Å². The number of carbonyl (C=O) groups excluding carboxylic acids is 2. The van der Waals surface area contributed by atoms with Crippen molar-refractivity contribution in [1.29, 1.82) is 0 Å². The van der Waals surface area contributed by atoms with Crippen LogP contribution in [0.15, 0.2) is 48.5 Å². The van der Waals surface area contributed by atoms with E-state index in [1.54, 1.807) is 0 Å². The molecule has 0 fully saturated rings. The molecule has 2 amide bonds. The molecule has 0 spiro atoms. The number of anilines is 1. The minimum atomic E-state index is -0.524. The summed E-state index contributed by atoms with van der Waals surface area (Å²) in [5.41, 5.74) is 8.92. The Labute approximate surface area is 191 Å². The molecule has 5 nitrogen and oxygen atoms in total. The van der Waals surface area contributed by atoms with Crippen molar-refractivity contribution >= 4 is 28.2 Å². The lowest BCUT2D eigenvalue weighted by atomic mass is 9.84. The lowest BCUT2D eigenvalue weighted by Crippen LogP contribution is -2.26. The molecule has 0 saturated carbocycles. The van der Waals surface area contributed by atoms with Crippen LogP contribution in [-0.4, -0.2) is 11.8 Å². The van der Waals surface area contributed by atoms with E-state index in [1.807, 2.05) is 48.5 Å². The number of rotatable bonds is 5. The fraction of sp³-hybridized carbons (Fsp3) is 0.308. The van der Waals surface area contributed by atoms with Crippen molar-refractivity contribution in [3.05, 3.63) is 75.7 Å². The molecule has 1 aliphatic carbocycles. The minimum absolute atomic E-state index is 0.181. The molecule has 32 heavy (non-hydrogen) atoms. The van der Waals surface area contributed by atoms with Crippen LogP contribution < -0.4 is 15.8 Å². The molecule has 1 aromatic heterocycles. The number of carbonyl (C=O) groups is 2. The maximum absolute atomic E-state index is 13.6. The molecular weight excluding hydrogens is 420 g/mol. The first kappa shape index (κ1) is 20.8. The minimum Gasteiger partial charge on any atom is -0.457 e. The molecule has 1 atom stereocenters. The summed E-state index contributed by atoms with van der Waals surface area (Å²) in [5.74, 6) is 0.802. The second-order valence-corrected chi connectivity index (χ2v) is 9.67.